The maximum atomic E-state index is 10.7. The smallest absolute Gasteiger partial charge is 0.335 e. The highest BCUT2D eigenvalue weighted by Crippen LogP contribution is 2.10. The summed E-state index contributed by atoms with van der Waals surface area (Å²) in [5.74, 6) is -0.936. The maximum absolute atomic E-state index is 10.7. The largest absolute Gasteiger partial charge is 0.478 e. The average Bonchev–Trinajstić information content (AvgIpc) is 2.17. The SMILES string of the molecule is CC(O)CCNc1cccc(C(=O)O)c1. The molecule has 0 aromatic heterocycles. The van der Waals surface area contributed by atoms with E-state index in [-0.39, 0.29) is 11.7 Å². The van der Waals surface area contributed by atoms with Crippen LogP contribution in [0.4, 0.5) is 5.69 Å². The molecule has 0 aliphatic rings. The molecule has 4 nitrogen and oxygen atoms in total. The van der Waals surface area contributed by atoms with Crippen LogP contribution in [0.1, 0.15) is 23.7 Å². The van der Waals surface area contributed by atoms with Crippen molar-refractivity contribution < 1.29 is 15.0 Å². The van der Waals surface area contributed by atoms with E-state index in [1.54, 1.807) is 31.2 Å². The number of carboxylic acids is 1. The van der Waals surface area contributed by atoms with Crippen molar-refractivity contribution in [2.45, 2.75) is 19.4 Å². The molecular formula is C11H15NO3. The van der Waals surface area contributed by atoms with Crippen molar-refractivity contribution in [2.24, 2.45) is 0 Å². The second-order valence-corrected chi connectivity index (χ2v) is 3.45. The molecule has 0 saturated heterocycles. The van der Waals surface area contributed by atoms with E-state index >= 15 is 0 Å². The summed E-state index contributed by atoms with van der Waals surface area (Å²) in [4.78, 5) is 10.7. The third kappa shape index (κ3) is 3.99. The number of rotatable bonds is 5. The highest BCUT2D eigenvalue weighted by molar-refractivity contribution is 5.88. The van der Waals surface area contributed by atoms with Crippen LogP contribution in [0.3, 0.4) is 0 Å². The van der Waals surface area contributed by atoms with E-state index in [1.807, 2.05) is 0 Å². The van der Waals surface area contributed by atoms with E-state index < -0.39 is 5.97 Å². The zero-order chi connectivity index (χ0) is 11.3. The fraction of sp³-hybridized carbons (Fsp3) is 0.364. The Labute approximate surface area is 88.6 Å². The lowest BCUT2D eigenvalue weighted by Gasteiger charge is -2.08. The minimum atomic E-state index is -0.936. The summed E-state index contributed by atoms with van der Waals surface area (Å²) in [6, 6.07) is 6.61. The van der Waals surface area contributed by atoms with Gasteiger partial charge in [0.25, 0.3) is 0 Å². The average molecular weight is 209 g/mol. The molecule has 1 atom stereocenters. The molecule has 15 heavy (non-hydrogen) atoms. The van der Waals surface area contributed by atoms with E-state index in [9.17, 15) is 4.79 Å². The van der Waals surface area contributed by atoms with Gasteiger partial charge in [-0.2, -0.15) is 0 Å². The molecule has 1 aromatic carbocycles. The minimum absolute atomic E-state index is 0.261. The van der Waals surface area contributed by atoms with Crippen molar-refractivity contribution in [3.63, 3.8) is 0 Å². The predicted octanol–water partition coefficient (Wildman–Crippen LogP) is 1.57. The molecule has 4 heteroatoms. The van der Waals surface area contributed by atoms with E-state index in [4.69, 9.17) is 10.2 Å². The first-order valence-electron chi connectivity index (χ1n) is 4.85. The highest BCUT2D eigenvalue weighted by atomic mass is 16.4. The first-order valence-corrected chi connectivity index (χ1v) is 4.85. The Bertz CT molecular complexity index is 336. The van der Waals surface area contributed by atoms with Crippen molar-refractivity contribution >= 4 is 11.7 Å². The quantitative estimate of drug-likeness (QED) is 0.688. The summed E-state index contributed by atoms with van der Waals surface area (Å²) < 4.78 is 0. The molecule has 1 rings (SSSR count). The summed E-state index contributed by atoms with van der Waals surface area (Å²) in [6.07, 6.45) is 0.289. The van der Waals surface area contributed by atoms with Crippen molar-refractivity contribution in [1.29, 1.82) is 0 Å². The van der Waals surface area contributed by atoms with Gasteiger partial charge in [0.1, 0.15) is 0 Å². The number of aromatic carboxylic acids is 1. The second kappa shape index (κ2) is 5.36. The van der Waals surface area contributed by atoms with Gasteiger partial charge in [0.2, 0.25) is 0 Å². The van der Waals surface area contributed by atoms with Gasteiger partial charge in [-0.1, -0.05) is 6.07 Å². The molecular weight excluding hydrogens is 194 g/mol. The number of hydrogen-bond donors (Lipinski definition) is 3. The van der Waals surface area contributed by atoms with Crippen molar-refractivity contribution in [3.05, 3.63) is 29.8 Å². The van der Waals surface area contributed by atoms with Gasteiger partial charge in [-0.05, 0) is 31.5 Å². The molecule has 1 unspecified atom stereocenters. The van der Waals surface area contributed by atoms with Crippen LogP contribution in [0, 0.1) is 0 Å². The zero-order valence-corrected chi connectivity index (χ0v) is 8.60. The fourth-order valence-corrected chi connectivity index (χ4v) is 1.19. The molecule has 82 valence electrons. The number of benzene rings is 1. The topological polar surface area (TPSA) is 69.6 Å². The Morgan fingerprint density at radius 2 is 2.27 bits per heavy atom. The van der Waals surface area contributed by atoms with Crippen LogP contribution in [0.15, 0.2) is 24.3 Å². The number of carbonyl (C=O) groups is 1. The first kappa shape index (κ1) is 11.5. The molecule has 0 aliphatic heterocycles. The van der Waals surface area contributed by atoms with E-state index in [1.165, 1.54) is 0 Å². The fourth-order valence-electron chi connectivity index (χ4n) is 1.19. The summed E-state index contributed by atoms with van der Waals surface area (Å²) in [5, 5.41) is 20.8. The van der Waals surface area contributed by atoms with Gasteiger partial charge in [-0.25, -0.2) is 4.79 Å². The third-order valence-corrected chi connectivity index (χ3v) is 2.00. The summed E-state index contributed by atoms with van der Waals surface area (Å²) in [6.45, 7) is 2.34. The molecule has 0 bridgehead atoms. The second-order valence-electron chi connectivity index (χ2n) is 3.45. The number of anilines is 1. The zero-order valence-electron chi connectivity index (χ0n) is 8.60. The third-order valence-electron chi connectivity index (χ3n) is 2.00. The number of aliphatic hydroxyl groups excluding tert-OH is 1. The van der Waals surface area contributed by atoms with Crippen LogP contribution in [-0.4, -0.2) is 28.8 Å². The highest BCUT2D eigenvalue weighted by Gasteiger charge is 2.02. The molecule has 3 N–H and O–H groups in total. The van der Waals surface area contributed by atoms with E-state index in [0.29, 0.717) is 13.0 Å². The van der Waals surface area contributed by atoms with Gasteiger partial charge in [-0.15, -0.1) is 0 Å². The van der Waals surface area contributed by atoms with E-state index in [2.05, 4.69) is 5.32 Å². The van der Waals surface area contributed by atoms with Crippen LogP contribution in [-0.2, 0) is 0 Å². The molecule has 0 spiro atoms. The standard InChI is InChI=1S/C11H15NO3/c1-8(13)5-6-12-10-4-2-3-9(7-10)11(14)15/h2-4,7-8,12-13H,5-6H2,1H3,(H,14,15). The maximum Gasteiger partial charge on any atom is 0.335 e. The van der Waals surface area contributed by atoms with Crippen LogP contribution in [0.5, 0.6) is 0 Å². The summed E-state index contributed by atoms with van der Waals surface area (Å²) in [5.41, 5.74) is 1.02. The number of nitrogens with one attached hydrogen (secondary N) is 1. The molecule has 0 fully saturated rings. The number of aliphatic hydroxyl groups is 1. The van der Waals surface area contributed by atoms with Crippen molar-refractivity contribution in [2.75, 3.05) is 11.9 Å². The Morgan fingerprint density at radius 3 is 2.87 bits per heavy atom. The predicted molar refractivity (Wildman–Crippen MR) is 58.2 cm³/mol. The van der Waals surface area contributed by atoms with Gasteiger partial charge in [0.15, 0.2) is 0 Å². The van der Waals surface area contributed by atoms with Crippen LogP contribution in [0.2, 0.25) is 0 Å². The molecule has 1 aromatic rings. The van der Waals surface area contributed by atoms with Gasteiger partial charge < -0.3 is 15.5 Å². The Balaban J connectivity index is 2.54. The lowest BCUT2D eigenvalue weighted by molar-refractivity contribution is 0.0697. The van der Waals surface area contributed by atoms with Crippen LogP contribution >= 0.6 is 0 Å². The minimum Gasteiger partial charge on any atom is -0.478 e. The van der Waals surface area contributed by atoms with Gasteiger partial charge in [0, 0.05) is 12.2 Å². The summed E-state index contributed by atoms with van der Waals surface area (Å²) >= 11 is 0. The lowest BCUT2D eigenvalue weighted by Crippen LogP contribution is -2.10. The molecule has 0 radical (unpaired) electrons. The molecule has 0 heterocycles. The monoisotopic (exact) mass is 209 g/mol. The molecule has 0 saturated carbocycles. The van der Waals surface area contributed by atoms with Gasteiger partial charge >= 0.3 is 5.97 Å². The number of hydrogen-bond acceptors (Lipinski definition) is 3. The first-order chi connectivity index (χ1) is 7.09. The Hall–Kier alpha value is -1.55. The Kier molecular flexibility index (Phi) is 4.12. The van der Waals surface area contributed by atoms with Crippen molar-refractivity contribution in [3.8, 4) is 0 Å². The molecule has 0 amide bonds. The number of carboxylic acid groups (broad SMARTS) is 1. The Morgan fingerprint density at radius 1 is 1.53 bits per heavy atom. The lowest BCUT2D eigenvalue weighted by atomic mass is 10.2. The van der Waals surface area contributed by atoms with Gasteiger partial charge in [0.05, 0.1) is 11.7 Å². The van der Waals surface area contributed by atoms with E-state index in [0.717, 1.165) is 5.69 Å². The normalized spacial score (nSPS) is 12.1. The van der Waals surface area contributed by atoms with Crippen LogP contribution in [0.25, 0.3) is 0 Å². The van der Waals surface area contributed by atoms with Crippen LogP contribution < -0.4 is 5.32 Å². The van der Waals surface area contributed by atoms with Gasteiger partial charge in [-0.3, -0.25) is 0 Å². The summed E-state index contributed by atoms with van der Waals surface area (Å²) in [7, 11) is 0. The molecule has 0 aliphatic carbocycles. The van der Waals surface area contributed by atoms with Crippen molar-refractivity contribution in [1.82, 2.24) is 0 Å².